The number of nitrogens with one attached hydrogen (secondary N) is 2. The molecule has 1 rings (SSSR count). The van der Waals surface area contributed by atoms with Crippen LogP contribution in [-0.4, -0.2) is 44.7 Å². The zero-order valence-electron chi connectivity index (χ0n) is 12.0. The zero-order chi connectivity index (χ0) is 16.2. The van der Waals surface area contributed by atoms with E-state index in [2.05, 4.69) is 10.6 Å². The van der Waals surface area contributed by atoms with Crippen molar-refractivity contribution in [2.24, 2.45) is 0 Å². The second kappa shape index (κ2) is 11.2. The number of carboxylic acids is 1. The third-order valence-corrected chi connectivity index (χ3v) is 2.51. The largest absolute Gasteiger partial charge is 0.480 e. The van der Waals surface area contributed by atoms with Crippen molar-refractivity contribution in [1.29, 1.82) is 0 Å². The standard InChI is InChI=1S/C8H9NO5S.C2H7N.C2H6/c10-8(11)5-9-6-3-1-2-4-7(6)15(12,13)14;1-3-2;1-2/h1-4,9H,5H2,(H,10,11)(H,12,13,14);3H,1-2H3;1-2H3. The predicted octanol–water partition coefficient (Wildman–Crippen LogP) is 1.29. The molecule has 0 fully saturated rings. The van der Waals surface area contributed by atoms with Gasteiger partial charge >= 0.3 is 5.97 Å². The van der Waals surface area contributed by atoms with Gasteiger partial charge < -0.3 is 15.7 Å². The molecular weight excluding hydrogens is 284 g/mol. The normalized spacial score (nSPS) is 9.45. The molecule has 0 spiro atoms. The monoisotopic (exact) mass is 306 g/mol. The van der Waals surface area contributed by atoms with Crippen molar-refractivity contribution < 1.29 is 22.9 Å². The lowest BCUT2D eigenvalue weighted by Crippen LogP contribution is -2.14. The Morgan fingerprint density at radius 3 is 2.05 bits per heavy atom. The van der Waals surface area contributed by atoms with E-state index in [0.717, 1.165) is 0 Å². The highest BCUT2D eigenvalue weighted by Crippen LogP contribution is 2.19. The van der Waals surface area contributed by atoms with Gasteiger partial charge in [0.15, 0.2) is 0 Å². The Bertz CT molecular complexity index is 488. The maximum Gasteiger partial charge on any atom is 0.322 e. The van der Waals surface area contributed by atoms with Crippen LogP contribution < -0.4 is 10.6 Å². The molecule has 0 saturated carbocycles. The van der Waals surface area contributed by atoms with E-state index in [9.17, 15) is 13.2 Å². The number of benzene rings is 1. The number of aliphatic carboxylic acids is 1. The molecule has 8 heteroatoms. The van der Waals surface area contributed by atoms with Crippen LogP contribution in [0.1, 0.15) is 13.8 Å². The van der Waals surface area contributed by atoms with Crippen LogP contribution in [-0.2, 0) is 14.9 Å². The summed E-state index contributed by atoms with van der Waals surface area (Å²) in [5.74, 6) is -1.12. The van der Waals surface area contributed by atoms with E-state index in [0.29, 0.717) is 0 Å². The molecule has 20 heavy (non-hydrogen) atoms. The van der Waals surface area contributed by atoms with Crippen molar-refractivity contribution in [3.63, 3.8) is 0 Å². The van der Waals surface area contributed by atoms with Crippen molar-refractivity contribution in [1.82, 2.24) is 5.32 Å². The van der Waals surface area contributed by atoms with Crippen LogP contribution in [0.4, 0.5) is 5.69 Å². The minimum atomic E-state index is -4.34. The van der Waals surface area contributed by atoms with Gasteiger partial charge in [-0.25, -0.2) is 0 Å². The zero-order valence-corrected chi connectivity index (χ0v) is 12.9. The molecule has 0 bridgehead atoms. The van der Waals surface area contributed by atoms with Gasteiger partial charge in [-0.15, -0.1) is 0 Å². The third-order valence-electron chi connectivity index (χ3n) is 1.60. The van der Waals surface area contributed by atoms with Gasteiger partial charge in [0.2, 0.25) is 0 Å². The summed E-state index contributed by atoms with van der Waals surface area (Å²) in [6.07, 6.45) is 0. The molecule has 1 aromatic carbocycles. The first-order chi connectivity index (χ1) is 9.32. The second-order valence-electron chi connectivity index (χ2n) is 3.22. The Kier molecular flexibility index (Phi) is 11.6. The van der Waals surface area contributed by atoms with Crippen LogP contribution >= 0.6 is 0 Å². The van der Waals surface area contributed by atoms with Gasteiger partial charge in [0.05, 0.1) is 5.69 Å². The molecule has 116 valence electrons. The van der Waals surface area contributed by atoms with Gasteiger partial charge in [-0.2, -0.15) is 8.42 Å². The van der Waals surface area contributed by atoms with Gasteiger partial charge in [0.1, 0.15) is 11.4 Å². The smallest absolute Gasteiger partial charge is 0.322 e. The predicted molar refractivity (Wildman–Crippen MR) is 78.7 cm³/mol. The number of para-hydroxylation sites is 1. The fraction of sp³-hybridized carbons (Fsp3) is 0.417. The first-order valence-corrected chi connectivity index (χ1v) is 7.37. The van der Waals surface area contributed by atoms with Crippen molar-refractivity contribution in [2.45, 2.75) is 18.7 Å². The molecule has 0 aliphatic carbocycles. The molecular formula is C12H22N2O5S. The molecule has 7 nitrogen and oxygen atoms in total. The Labute approximate surface area is 119 Å². The number of carboxylic acid groups (broad SMARTS) is 1. The average molecular weight is 306 g/mol. The van der Waals surface area contributed by atoms with Crippen molar-refractivity contribution in [3.8, 4) is 0 Å². The summed E-state index contributed by atoms with van der Waals surface area (Å²) in [7, 11) is -0.587. The van der Waals surface area contributed by atoms with E-state index in [4.69, 9.17) is 9.66 Å². The summed E-state index contributed by atoms with van der Waals surface area (Å²) >= 11 is 0. The summed E-state index contributed by atoms with van der Waals surface area (Å²) in [5.41, 5.74) is 0.0578. The second-order valence-corrected chi connectivity index (χ2v) is 4.61. The number of rotatable bonds is 4. The SMILES string of the molecule is CC.CNC.O=C(O)CNc1ccccc1S(=O)(=O)O. The van der Waals surface area contributed by atoms with Crippen LogP contribution in [0.25, 0.3) is 0 Å². The third kappa shape index (κ3) is 9.31. The lowest BCUT2D eigenvalue weighted by atomic mass is 10.3. The fourth-order valence-corrected chi connectivity index (χ4v) is 1.68. The van der Waals surface area contributed by atoms with Gasteiger partial charge in [-0.05, 0) is 26.2 Å². The maximum absolute atomic E-state index is 10.9. The first-order valence-electron chi connectivity index (χ1n) is 5.93. The number of hydrogen-bond acceptors (Lipinski definition) is 5. The van der Waals surface area contributed by atoms with Crippen LogP contribution in [0.3, 0.4) is 0 Å². The molecule has 0 heterocycles. The molecule has 0 radical (unpaired) electrons. The number of carbonyl (C=O) groups is 1. The summed E-state index contributed by atoms with van der Waals surface area (Å²) in [5, 5.41) is 13.5. The van der Waals surface area contributed by atoms with Gasteiger partial charge in [-0.3, -0.25) is 9.35 Å². The minimum Gasteiger partial charge on any atom is -0.480 e. The van der Waals surface area contributed by atoms with Crippen LogP contribution in [0, 0.1) is 0 Å². The Balaban J connectivity index is 0. The van der Waals surface area contributed by atoms with E-state index in [1.165, 1.54) is 24.3 Å². The lowest BCUT2D eigenvalue weighted by molar-refractivity contribution is -0.134. The van der Waals surface area contributed by atoms with Gasteiger partial charge in [-0.1, -0.05) is 26.0 Å². The van der Waals surface area contributed by atoms with Crippen molar-refractivity contribution in [3.05, 3.63) is 24.3 Å². The van der Waals surface area contributed by atoms with E-state index >= 15 is 0 Å². The molecule has 0 amide bonds. The first kappa shape index (κ1) is 20.7. The molecule has 0 aliphatic rings. The van der Waals surface area contributed by atoms with Crippen LogP contribution in [0.15, 0.2) is 29.2 Å². The summed E-state index contributed by atoms with van der Waals surface area (Å²) in [6.45, 7) is 3.58. The van der Waals surface area contributed by atoms with E-state index < -0.39 is 22.6 Å². The number of hydrogen-bond donors (Lipinski definition) is 4. The van der Waals surface area contributed by atoms with Crippen molar-refractivity contribution >= 4 is 21.8 Å². The molecule has 1 aromatic rings. The van der Waals surface area contributed by atoms with E-state index in [1.54, 1.807) is 0 Å². The van der Waals surface area contributed by atoms with Gasteiger partial charge in [0.25, 0.3) is 10.1 Å². The molecule has 4 N–H and O–H groups in total. The van der Waals surface area contributed by atoms with Crippen LogP contribution in [0.2, 0.25) is 0 Å². The maximum atomic E-state index is 10.9. The molecule has 0 aromatic heterocycles. The van der Waals surface area contributed by atoms with E-state index in [1.807, 2.05) is 27.9 Å². The minimum absolute atomic E-state index is 0.0578. The Morgan fingerprint density at radius 2 is 1.65 bits per heavy atom. The summed E-state index contributed by atoms with van der Waals surface area (Å²) in [4.78, 5) is 9.92. The molecule has 0 saturated heterocycles. The quantitative estimate of drug-likeness (QED) is 0.619. The highest BCUT2D eigenvalue weighted by atomic mass is 32.2. The van der Waals surface area contributed by atoms with Gasteiger partial charge in [0, 0.05) is 0 Å². The highest BCUT2D eigenvalue weighted by Gasteiger charge is 2.14. The molecule has 0 atom stereocenters. The topological polar surface area (TPSA) is 116 Å². The number of anilines is 1. The lowest BCUT2D eigenvalue weighted by Gasteiger charge is -2.07. The Morgan fingerprint density at radius 1 is 1.20 bits per heavy atom. The van der Waals surface area contributed by atoms with Crippen LogP contribution in [0.5, 0.6) is 0 Å². The Hall–Kier alpha value is -1.64. The highest BCUT2D eigenvalue weighted by molar-refractivity contribution is 7.86. The molecule has 0 aliphatic heterocycles. The molecule has 0 unspecified atom stereocenters. The van der Waals surface area contributed by atoms with Crippen molar-refractivity contribution in [2.75, 3.05) is 26.0 Å². The van der Waals surface area contributed by atoms with E-state index in [-0.39, 0.29) is 10.6 Å². The fourth-order valence-electron chi connectivity index (χ4n) is 1.01. The average Bonchev–Trinajstić information content (AvgIpc) is 2.39. The summed E-state index contributed by atoms with van der Waals surface area (Å²) < 4.78 is 30.6. The summed E-state index contributed by atoms with van der Waals surface area (Å²) in [6, 6.07) is 5.50.